The molecule has 2 unspecified atom stereocenters. The number of esters is 1. The van der Waals surface area contributed by atoms with Crippen molar-refractivity contribution >= 4 is 11.9 Å². The number of unbranched alkanes of at least 4 members (excludes halogenated alkanes) is 25. The Balaban J connectivity index is 3.53. The molecule has 0 bridgehead atoms. The van der Waals surface area contributed by atoms with Crippen LogP contribution in [0.3, 0.4) is 0 Å². The molecule has 0 aromatic heterocycles. The number of aliphatic hydroxyl groups is 2. The van der Waals surface area contributed by atoms with Gasteiger partial charge in [-0.05, 0) is 57.8 Å². The molecule has 0 radical (unpaired) electrons. The molecule has 6 nitrogen and oxygen atoms in total. The van der Waals surface area contributed by atoms with Crippen molar-refractivity contribution < 1.29 is 24.5 Å². The SMILES string of the molecule is CCC/C=C\C/C=C\CCCCCCCC(=O)OCCCCCCCCCCCCCC(=O)NC(CO)C(O)/C=C/CCCCCCCCCCC. The van der Waals surface area contributed by atoms with Crippen LogP contribution in [0.25, 0.3) is 0 Å². The molecule has 304 valence electrons. The summed E-state index contributed by atoms with van der Waals surface area (Å²) in [7, 11) is 0. The van der Waals surface area contributed by atoms with Crippen LogP contribution in [0, 0.1) is 0 Å². The smallest absolute Gasteiger partial charge is 0.305 e. The minimum atomic E-state index is -0.855. The van der Waals surface area contributed by atoms with E-state index in [0.717, 1.165) is 70.6 Å². The monoisotopic (exact) mass is 732 g/mol. The maximum atomic E-state index is 12.4. The molecular weight excluding hydrogens is 647 g/mol. The predicted molar refractivity (Wildman–Crippen MR) is 222 cm³/mol. The van der Waals surface area contributed by atoms with Gasteiger partial charge in [0.2, 0.25) is 5.91 Å². The lowest BCUT2D eigenvalue weighted by Gasteiger charge is -2.20. The third-order valence-corrected chi connectivity index (χ3v) is 9.89. The number of rotatable bonds is 40. The van der Waals surface area contributed by atoms with Gasteiger partial charge in [-0.1, -0.05) is 185 Å². The van der Waals surface area contributed by atoms with Gasteiger partial charge >= 0.3 is 5.97 Å². The number of hydrogen-bond acceptors (Lipinski definition) is 5. The highest BCUT2D eigenvalue weighted by Gasteiger charge is 2.18. The fraction of sp³-hybridized carbons (Fsp3) is 0.826. The van der Waals surface area contributed by atoms with Crippen LogP contribution < -0.4 is 5.32 Å². The summed E-state index contributed by atoms with van der Waals surface area (Å²) in [6, 6.07) is -0.641. The Morgan fingerprint density at radius 2 is 1.00 bits per heavy atom. The van der Waals surface area contributed by atoms with Gasteiger partial charge in [0, 0.05) is 12.8 Å². The molecule has 0 spiro atoms. The summed E-state index contributed by atoms with van der Waals surface area (Å²) in [5.74, 6) is -0.123. The van der Waals surface area contributed by atoms with Crippen LogP contribution in [-0.2, 0) is 14.3 Å². The van der Waals surface area contributed by atoms with Crippen molar-refractivity contribution in [3.63, 3.8) is 0 Å². The van der Waals surface area contributed by atoms with Gasteiger partial charge in [0.1, 0.15) is 0 Å². The van der Waals surface area contributed by atoms with Gasteiger partial charge in [0.05, 0.1) is 25.4 Å². The summed E-state index contributed by atoms with van der Waals surface area (Å²) in [4.78, 5) is 24.3. The van der Waals surface area contributed by atoms with Gasteiger partial charge in [-0.3, -0.25) is 9.59 Å². The molecule has 0 aromatic rings. The van der Waals surface area contributed by atoms with Gasteiger partial charge in [-0.25, -0.2) is 0 Å². The highest BCUT2D eigenvalue weighted by molar-refractivity contribution is 5.76. The largest absolute Gasteiger partial charge is 0.466 e. The highest BCUT2D eigenvalue weighted by Crippen LogP contribution is 2.14. The summed E-state index contributed by atoms with van der Waals surface area (Å²) in [6.07, 6.45) is 48.4. The minimum Gasteiger partial charge on any atom is -0.466 e. The second-order valence-electron chi connectivity index (χ2n) is 15.0. The van der Waals surface area contributed by atoms with E-state index in [4.69, 9.17) is 4.74 Å². The van der Waals surface area contributed by atoms with E-state index in [1.165, 1.54) is 122 Å². The van der Waals surface area contributed by atoms with E-state index in [9.17, 15) is 19.8 Å². The molecule has 0 aliphatic rings. The molecule has 0 saturated heterocycles. The first kappa shape index (κ1) is 50.1. The molecule has 0 aliphatic carbocycles. The zero-order valence-corrected chi connectivity index (χ0v) is 34.3. The number of ether oxygens (including phenoxy) is 1. The van der Waals surface area contributed by atoms with Crippen molar-refractivity contribution in [2.45, 2.75) is 231 Å². The number of nitrogens with one attached hydrogen (secondary N) is 1. The summed E-state index contributed by atoms with van der Waals surface area (Å²) < 4.78 is 5.43. The topological polar surface area (TPSA) is 95.9 Å². The molecule has 0 saturated carbocycles. The van der Waals surface area contributed by atoms with Gasteiger partial charge in [-0.2, -0.15) is 0 Å². The lowest BCUT2D eigenvalue weighted by Crippen LogP contribution is -2.45. The highest BCUT2D eigenvalue weighted by atomic mass is 16.5. The fourth-order valence-electron chi connectivity index (χ4n) is 6.43. The van der Waals surface area contributed by atoms with Gasteiger partial charge in [0.15, 0.2) is 0 Å². The summed E-state index contributed by atoms with van der Waals surface area (Å²) >= 11 is 0. The number of carbonyl (C=O) groups excluding carboxylic acids is 2. The quantitative estimate of drug-likeness (QED) is 0.0331. The van der Waals surface area contributed by atoms with E-state index < -0.39 is 12.1 Å². The molecule has 2 atom stereocenters. The van der Waals surface area contributed by atoms with E-state index in [-0.39, 0.29) is 18.5 Å². The second-order valence-corrected chi connectivity index (χ2v) is 15.0. The van der Waals surface area contributed by atoms with E-state index in [1.54, 1.807) is 6.08 Å². The van der Waals surface area contributed by atoms with Crippen molar-refractivity contribution in [3.05, 3.63) is 36.5 Å². The zero-order chi connectivity index (χ0) is 38.0. The van der Waals surface area contributed by atoms with E-state index in [1.807, 2.05) is 6.08 Å². The lowest BCUT2D eigenvalue weighted by atomic mass is 10.0. The van der Waals surface area contributed by atoms with Crippen molar-refractivity contribution in [2.75, 3.05) is 13.2 Å². The van der Waals surface area contributed by atoms with Crippen LogP contribution in [0.5, 0.6) is 0 Å². The first-order valence-corrected chi connectivity index (χ1v) is 22.3. The maximum Gasteiger partial charge on any atom is 0.305 e. The summed E-state index contributed by atoms with van der Waals surface area (Å²) in [5, 5.41) is 22.9. The zero-order valence-electron chi connectivity index (χ0n) is 34.3. The van der Waals surface area contributed by atoms with Gasteiger partial charge in [0.25, 0.3) is 0 Å². The first-order chi connectivity index (χ1) is 25.5. The molecule has 52 heavy (non-hydrogen) atoms. The van der Waals surface area contributed by atoms with Crippen LogP contribution in [0.1, 0.15) is 219 Å². The molecule has 1 amide bonds. The number of hydrogen-bond donors (Lipinski definition) is 3. The average Bonchev–Trinajstić information content (AvgIpc) is 3.14. The number of amides is 1. The van der Waals surface area contributed by atoms with Crippen molar-refractivity contribution in [1.29, 1.82) is 0 Å². The van der Waals surface area contributed by atoms with Crippen molar-refractivity contribution in [1.82, 2.24) is 5.32 Å². The first-order valence-electron chi connectivity index (χ1n) is 22.3. The van der Waals surface area contributed by atoms with E-state index in [2.05, 4.69) is 43.5 Å². The van der Waals surface area contributed by atoms with Crippen LogP contribution >= 0.6 is 0 Å². The molecule has 0 fully saturated rings. The Kier molecular flexibility index (Phi) is 40.3. The second kappa shape index (κ2) is 41.8. The molecular formula is C46H85NO5. The van der Waals surface area contributed by atoms with Crippen LogP contribution in [0.2, 0.25) is 0 Å². The third-order valence-electron chi connectivity index (χ3n) is 9.89. The van der Waals surface area contributed by atoms with Crippen LogP contribution in [0.4, 0.5) is 0 Å². The molecule has 0 rings (SSSR count). The molecule has 0 aromatic carbocycles. The molecule has 0 heterocycles. The van der Waals surface area contributed by atoms with Crippen LogP contribution in [-0.4, -0.2) is 47.4 Å². The standard InChI is InChI=1S/C46H85NO5/c1-3-5-7-9-11-13-15-16-20-24-28-32-36-40-46(51)52-41-37-33-29-25-21-17-19-23-27-31-35-39-45(50)47-43(42-48)44(49)38-34-30-26-22-18-14-12-10-8-6-4-2/h7,9,13,15,34,38,43-44,48-49H,3-6,8,10-12,14,16-33,35-37,39-42H2,1-2H3,(H,47,50)/b9-7-,15-13-,38-34+. The van der Waals surface area contributed by atoms with Crippen molar-refractivity contribution in [3.8, 4) is 0 Å². The summed E-state index contributed by atoms with van der Waals surface area (Å²) in [5.41, 5.74) is 0. The Morgan fingerprint density at radius 3 is 1.54 bits per heavy atom. The summed E-state index contributed by atoms with van der Waals surface area (Å²) in [6.45, 7) is 4.75. The normalized spacial score (nSPS) is 13.1. The van der Waals surface area contributed by atoms with Crippen LogP contribution in [0.15, 0.2) is 36.5 Å². The van der Waals surface area contributed by atoms with E-state index >= 15 is 0 Å². The average molecular weight is 732 g/mol. The third kappa shape index (κ3) is 37.8. The predicted octanol–water partition coefficient (Wildman–Crippen LogP) is 12.6. The maximum absolute atomic E-state index is 12.4. The molecule has 3 N–H and O–H groups in total. The molecule has 0 aliphatic heterocycles. The Bertz CT molecular complexity index is 854. The Morgan fingerprint density at radius 1 is 0.538 bits per heavy atom. The number of carbonyl (C=O) groups is 2. The number of allylic oxidation sites excluding steroid dienone is 5. The van der Waals surface area contributed by atoms with Crippen molar-refractivity contribution in [2.24, 2.45) is 0 Å². The fourth-order valence-corrected chi connectivity index (χ4v) is 6.43. The Labute approximate surface area is 322 Å². The minimum absolute atomic E-state index is 0.0321. The van der Waals surface area contributed by atoms with E-state index in [0.29, 0.717) is 19.4 Å². The Hall–Kier alpha value is -1.92. The molecule has 6 heteroatoms. The van der Waals surface area contributed by atoms with Gasteiger partial charge in [-0.15, -0.1) is 0 Å². The lowest BCUT2D eigenvalue weighted by molar-refractivity contribution is -0.143. The number of aliphatic hydroxyl groups excluding tert-OH is 2. The van der Waals surface area contributed by atoms with Gasteiger partial charge < -0.3 is 20.3 Å².